The highest BCUT2D eigenvalue weighted by Gasteiger charge is 1.97. The Hall–Kier alpha value is -0.970. The fourth-order valence-electron chi connectivity index (χ4n) is 4.04. The van der Waals surface area contributed by atoms with Crippen LogP contribution in [0.15, 0.2) is 0 Å². The van der Waals surface area contributed by atoms with Gasteiger partial charge in [0, 0.05) is 12.8 Å². The minimum Gasteiger partial charge on any atom is -0.481 e. The minimum atomic E-state index is -0.653. The second-order valence-electron chi connectivity index (χ2n) is 8.88. The summed E-state index contributed by atoms with van der Waals surface area (Å²) in [6, 6.07) is 0. The van der Waals surface area contributed by atoms with Gasteiger partial charge in [-0.1, -0.05) is 128 Å². The van der Waals surface area contributed by atoms with Gasteiger partial charge < -0.3 is 5.11 Å². The van der Waals surface area contributed by atoms with Gasteiger partial charge in [0.1, 0.15) is 0 Å². The number of carbonyl (C=O) groups is 1. The summed E-state index contributed by atoms with van der Waals surface area (Å²) < 4.78 is 0. The van der Waals surface area contributed by atoms with Gasteiger partial charge in [-0.3, -0.25) is 4.79 Å². The summed E-state index contributed by atoms with van der Waals surface area (Å²) in [5.74, 6) is 2.07. The van der Waals surface area contributed by atoms with Crippen molar-refractivity contribution < 1.29 is 9.90 Å². The van der Waals surface area contributed by atoms with Gasteiger partial charge in [-0.2, -0.15) is 0 Å². The lowest BCUT2D eigenvalue weighted by Gasteiger charge is -2.04. The Morgan fingerprint density at radius 1 is 0.483 bits per heavy atom. The van der Waals surface area contributed by atoms with E-state index in [1.54, 1.807) is 0 Å². The molecule has 1 N–H and O–H groups in total. The van der Waals surface area contributed by atoms with Gasteiger partial charge in [0.2, 0.25) is 0 Å². The van der Waals surface area contributed by atoms with Gasteiger partial charge in [-0.25, -0.2) is 0 Å². The summed E-state index contributed by atoms with van der Waals surface area (Å²) in [5.41, 5.74) is 0. The van der Waals surface area contributed by atoms with Crippen LogP contribution in [-0.2, 0) is 4.79 Å². The normalized spacial score (nSPS) is 10.9. The zero-order valence-corrected chi connectivity index (χ0v) is 19.4. The van der Waals surface area contributed by atoms with Crippen LogP contribution in [0.1, 0.15) is 154 Å². The van der Waals surface area contributed by atoms with Crippen LogP contribution in [0.4, 0.5) is 0 Å². The Bertz CT molecular complexity index is 369. The predicted molar refractivity (Wildman–Crippen MR) is 127 cm³/mol. The highest BCUT2D eigenvalue weighted by Crippen LogP contribution is 2.15. The van der Waals surface area contributed by atoms with Crippen LogP contribution in [0.5, 0.6) is 0 Å². The lowest BCUT2D eigenvalue weighted by atomic mass is 10.0. The third kappa shape index (κ3) is 27.0. The smallest absolute Gasteiger partial charge is 0.303 e. The summed E-state index contributed by atoms with van der Waals surface area (Å²) in [7, 11) is 0. The molecule has 0 radical (unpaired) electrons. The van der Waals surface area contributed by atoms with Crippen LogP contribution in [0.3, 0.4) is 0 Å². The first-order valence-electron chi connectivity index (χ1n) is 12.9. The first-order chi connectivity index (χ1) is 14.3. The fraction of sp³-hybridized carbons (Fsp3) is 0.889. The summed E-state index contributed by atoms with van der Waals surface area (Å²) in [6.45, 7) is 0. The quantitative estimate of drug-likeness (QED) is 0.128. The van der Waals surface area contributed by atoms with Crippen LogP contribution in [0, 0.1) is 12.3 Å². The van der Waals surface area contributed by atoms with Gasteiger partial charge in [-0.15, -0.1) is 12.3 Å². The molecule has 0 fully saturated rings. The van der Waals surface area contributed by atoms with Crippen LogP contribution < -0.4 is 0 Å². The molecule has 0 heterocycles. The SMILES string of the molecule is C#CCCCCCCCCCCCCCCCCCCCCCCCCC(=O)O. The van der Waals surface area contributed by atoms with Crippen LogP contribution in [0.2, 0.25) is 0 Å². The Kier molecular flexibility index (Phi) is 24.2. The maximum Gasteiger partial charge on any atom is 0.303 e. The van der Waals surface area contributed by atoms with E-state index < -0.39 is 5.97 Å². The molecule has 0 unspecified atom stereocenters. The van der Waals surface area contributed by atoms with Crippen molar-refractivity contribution in [3.8, 4) is 12.3 Å². The first-order valence-corrected chi connectivity index (χ1v) is 12.9. The number of hydrogen-bond acceptors (Lipinski definition) is 1. The second-order valence-corrected chi connectivity index (χ2v) is 8.88. The van der Waals surface area contributed by atoms with E-state index in [0.29, 0.717) is 6.42 Å². The van der Waals surface area contributed by atoms with Crippen molar-refractivity contribution in [2.75, 3.05) is 0 Å². The Balaban J connectivity index is 3.00. The van der Waals surface area contributed by atoms with E-state index in [1.807, 2.05) is 0 Å². The number of rotatable bonds is 24. The Labute approximate surface area is 182 Å². The minimum absolute atomic E-state index is 0.342. The lowest BCUT2D eigenvalue weighted by Crippen LogP contribution is -1.93. The van der Waals surface area contributed by atoms with E-state index in [-0.39, 0.29) is 0 Å². The molecule has 2 nitrogen and oxygen atoms in total. The van der Waals surface area contributed by atoms with Crippen molar-refractivity contribution in [2.24, 2.45) is 0 Å². The van der Waals surface area contributed by atoms with Crippen LogP contribution >= 0.6 is 0 Å². The summed E-state index contributed by atoms with van der Waals surface area (Å²) in [4.78, 5) is 10.4. The molecular formula is C27H50O2. The molecule has 0 aliphatic carbocycles. The first kappa shape index (κ1) is 28.0. The molecule has 0 saturated carbocycles. The molecule has 2 heteroatoms. The van der Waals surface area contributed by atoms with E-state index in [9.17, 15) is 4.79 Å². The van der Waals surface area contributed by atoms with Crippen molar-refractivity contribution in [3.63, 3.8) is 0 Å². The molecule has 0 saturated heterocycles. The molecular weight excluding hydrogens is 356 g/mol. The molecule has 0 rings (SSSR count). The molecule has 0 aromatic carbocycles. The van der Waals surface area contributed by atoms with Gasteiger partial charge in [0.05, 0.1) is 0 Å². The zero-order chi connectivity index (χ0) is 21.3. The highest BCUT2D eigenvalue weighted by molar-refractivity contribution is 5.66. The van der Waals surface area contributed by atoms with E-state index in [1.165, 1.54) is 128 Å². The molecule has 0 aliphatic heterocycles. The van der Waals surface area contributed by atoms with Gasteiger partial charge in [-0.05, 0) is 12.8 Å². The van der Waals surface area contributed by atoms with Crippen molar-refractivity contribution >= 4 is 5.97 Å². The molecule has 0 atom stereocenters. The molecule has 0 aromatic rings. The molecule has 170 valence electrons. The molecule has 0 aromatic heterocycles. The standard InChI is InChI=1S/C27H50O2/c1-2-3-4-5-6-7-8-9-10-11-12-13-14-15-16-17-18-19-20-21-22-23-24-25-26-27(28)29/h1H,3-26H2,(H,28,29). The van der Waals surface area contributed by atoms with E-state index in [4.69, 9.17) is 11.5 Å². The highest BCUT2D eigenvalue weighted by atomic mass is 16.4. The zero-order valence-electron chi connectivity index (χ0n) is 19.4. The maximum absolute atomic E-state index is 10.4. The largest absolute Gasteiger partial charge is 0.481 e. The van der Waals surface area contributed by atoms with Gasteiger partial charge in [0.25, 0.3) is 0 Å². The van der Waals surface area contributed by atoms with Gasteiger partial charge >= 0.3 is 5.97 Å². The van der Waals surface area contributed by atoms with Crippen molar-refractivity contribution in [3.05, 3.63) is 0 Å². The Morgan fingerprint density at radius 3 is 0.966 bits per heavy atom. The van der Waals surface area contributed by atoms with E-state index in [2.05, 4.69) is 5.92 Å². The predicted octanol–water partition coefficient (Wildman–Crippen LogP) is 9.07. The lowest BCUT2D eigenvalue weighted by molar-refractivity contribution is -0.137. The number of aliphatic carboxylic acids is 1. The van der Waals surface area contributed by atoms with Crippen molar-refractivity contribution in [1.82, 2.24) is 0 Å². The topological polar surface area (TPSA) is 37.3 Å². The average molecular weight is 407 g/mol. The van der Waals surface area contributed by atoms with Crippen LogP contribution in [-0.4, -0.2) is 11.1 Å². The fourth-order valence-corrected chi connectivity index (χ4v) is 4.04. The van der Waals surface area contributed by atoms with E-state index >= 15 is 0 Å². The van der Waals surface area contributed by atoms with Crippen LogP contribution in [0.25, 0.3) is 0 Å². The average Bonchev–Trinajstić information content (AvgIpc) is 2.71. The number of terminal acetylenes is 1. The number of unbranched alkanes of at least 4 members (excludes halogenated alkanes) is 22. The maximum atomic E-state index is 10.4. The summed E-state index contributed by atoms with van der Waals surface area (Å²) >= 11 is 0. The van der Waals surface area contributed by atoms with Crippen molar-refractivity contribution in [2.45, 2.75) is 154 Å². The summed E-state index contributed by atoms with van der Waals surface area (Å²) in [5, 5.41) is 8.59. The number of carboxylic acid groups (broad SMARTS) is 1. The molecule has 0 amide bonds. The Morgan fingerprint density at radius 2 is 0.724 bits per heavy atom. The van der Waals surface area contributed by atoms with Gasteiger partial charge in [0.15, 0.2) is 0 Å². The monoisotopic (exact) mass is 406 g/mol. The summed E-state index contributed by atoms with van der Waals surface area (Å²) in [6.07, 6.45) is 36.1. The molecule has 0 spiro atoms. The van der Waals surface area contributed by atoms with E-state index in [0.717, 1.165) is 19.3 Å². The third-order valence-corrected chi connectivity index (χ3v) is 5.96. The second kappa shape index (κ2) is 25.1. The van der Waals surface area contributed by atoms with Crippen molar-refractivity contribution in [1.29, 1.82) is 0 Å². The number of hydrogen-bond donors (Lipinski definition) is 1. The number of carboxylic acids is 1. The third-order valence-electron chi connectivity index (χ3n) is 5.96. The molecule has 0 aliphatic rings. The molecule has 29 heavy (non-hydrogen) atoms. The molecule has 0 bridgehead atoms.